The van der Waals surface area contributed by atoms with Gasteiger partial charge in [0.25, 0.3) is 0 Å². The smallest absolute Gasteiger partial charge is 0.160 e. The van der Waals surface area contributed by atoms with Crippen LogP contribution < -0.4 is 0 Å². The second-order valence-corrected chi connectivity index (χ2v) is 17.4. The lowest BCUT2D eigenvalue weighted by Crippen LogP contribution is -1.97. The summed E-state index contributed by atoms with van der Waals surface area (Å²) in [6, 6.07) is 72.5. The molecule has 0 radical (unpaired) electrons. The molecule has 12 rings (SSSR count). The summed E-state index contributed by atoms with van der Waals surface area (Å²) in [5, 5.41) is 2.26. The van der Waals surface area contributed by atoms with Crippen LogP contribution in [-0.4, -0.2) is 19.9 Å². The Morgan fingerprint density at radius 3 is 1.08 bits per heavy atom. The summed E-state index contributed by atoms with van der Waals surface area (Å²) in [5.41, 5.74) is 14.5. The number of rotatable bonds is 7. The topological polar surface area (TPSA) is 51.6 Å². The van der Waals surface area contributed by atoms with Crippen LogP contribution in [0.15, 0.2) is 206 Å². The van der Waals surface area contributed by atoms with Crippen LogP contribution in [0.1, 0.15) is 0 Å². The highest BCUT2D eigenvalue weighted by atomic mass is 32.1. The Morgan fingerprint density at radius 1 is 0.274 bits per heavy atom. The standard InChI is InChI=1S/C56H34N4S2/c1-3-17-35(18-4-1)37-21-15-23-39(33-37)55-57-49(53-51(59-55)45-29-11-13-31-47(45)61-53)43-27-9-7-25-41(43)42-26-8-10-28-44(42)50-54-52(46-30-12-14-32-48(46)62-54)60-56(58-50)40-24-16-22-38(34-40)36-19-5-2-6-20-36/h1-34H. The molecule has 62 heavy (non-hydrogen) atoms. The lowest BCUT2D eigenvalue weighted by Gasteiger charge is -2.16. The van der Waals surface area contributed by atoms with Crippen LogP contribution in [0.25, 0.3) is 119 Å². The van der Waals surface area contributed by atoms with Crippen LogP contribution in [0.4, 0.5) is 0 Å². The molecule has 4 nitrogen and oxygen atoms in total. The molecule has 0 amide bonds. The third-order valence-electron chi connectivity index (χ3n) is 11.5. The first-order chi connectivity index (χ1) is 30.7. The Morgan fingerprint density at radius 2 is 0.629 bits per heavy atom. The largest absolute Gasteiger partial charge is 0.226 e. The van der Waals surface area contributed by atoms with Crippen molar-refractivity contribution >= 4 is 63.3 Å². The fourth-order valence-electron chi connectivity index (χ4n) is 8.59. The molecule has 0 saturated heterocycles. The Labute approximate surface area is 366 Å². The third-order valence-corrected chi connectivity index (χ3v) is 13.9. The first-order valence-corrected chi connectivity index (χ1v) is 22.3. The van der Waals surface area contributed by atoms with E-state index in [9.17, 15) is 0 Å². The maximum Gasteiger partial charge on any atom is 0.160 e. The normalized spacial score (nSPS) is 11.5. The number of hydrogen-bond donors (Lipinski definition) is 0. The number of aromatic nitrogens is 4. The van der Waals surface area contributed by atoms with Gasteiger partial charge in [-0.15, -0.1) is 22.7 Å². The predicted molar refractivity (Wildman–Crippen MR) is 261 cm³/mol. The molecule has 12 aromatic rings. The SMILES string of the molecule is c1ccc(-c2cccc(-c3nc(-c4ccccc4-c4ccccc4-c4nc(-c5cccc(-c6ccccc6)c5)nc5c4sc4ccccc45)c4sc5ccccc5c4n3)c2)cc1. The van der Waals surface area contributed by atoms with E-state index in [0.717, 1.165) is 98.2 Å². The van der Waals surface area contributed by atoms with E-state index in [2.05, 4.69) is 194 Å². The number of nitrogens with zero attached hydrogens (tertiary/aromatic N) is 4. The highest BCUT2D eigenvalue weighted by Gasteiger charge is 2.23. The maximum atomic E-state index is 5.50. The van der Waals surface area contributed by atoms with E-state index in [4.69, 9.17) is 19.9 Å². The molecule has 0 N–H and O–H groups in total. The summed E-state index contributed by atoms with van der Waals surface area (Å²) in [5.74, 6) is 1.39. The number of thiophene rings is 2. The molecule has 4 aromatic heterocycles. The molecular weight excluding hydrogens is 793 g/mol. The zero-order valence-electron chi connectivity index (χ0n) is 33.2. The minimum Gasteiger partial charge on any atom is -0.226 e. The molecule has 290 valence electrons. The number of fused-ring (bicyclic) bond motifs is 6. The summed E-state index contributed by atoms with van der Waals surface area (Å²) < 4.78 is 4.49. The highest BCUT2D eigenvalue weighted by molar-refractivity contribution is 7.26. The monoisotopic (exact) mass is 826 g/mol. The molecule has 0 spiro atoms. The van der Waals surface area contributed by atoms with Crippen molar-refractivity contribution in [3.63, 3.8) is 0 Å². The Balaban J connectivity index is 1.08. The van der Waals surface area contributed by atoms with E-state index in [0.29, 0.717) is 11.6 Å². The zero-order chi connectivity index (χ0) is 41.0. The summed E-state index contributed by atoms with van der Waals surface area (Å²) in [6.45, 7) is 0. The van der Waals surface area contributed by atoms with E-state index in [1.165, 1.54) is 9.40 Å². The predicted octanol–water partition coefficient (Wildman–Crippen LogP) is 15.7. The molecule has 0 saturated carbocycles. The fourth-order valence-corrected chi connectivity index (χ4v) is 10.9. The first-order valence-electron chi connectivity index (χ1n) is 20.6. The van der Waals surface area contributed by atoms with Crippen molar-refractivity contribution < 1.29 is 0 Å². The van der Waals surface area contributed by atoms with Gasteiger partial charge in [0, 0.05) is 42.4 Å². The van der Waals surface area contributed by atoms with Crippen molar-refractivity contribution in [3.8, 4) is 78.7 Å². The van der Waals surface area contributed by atoms with Gasteiger partial charge in [-0.3, -0.25) is 0 Å². The van der Waals surface area contributed by atoms with E-state index in [1.807, 2.05) is 12.1 Å². The van der Waals surface area contributed by atoms with Crippen molar-refractivity contribution in [2.75, 3.05) is 0 Å². The molecule has 0 unspecified atom stereocenters. The average molecular weight is 827 g/mol. The lowest BCUT2D eigenvalue weighted by molar-refractivity contribution is 1.24. The van der Waals surface area contributed by atoms with E-state index in [-0.39, 0.29) is 0 Å². The average Bonchev–Trinajstić information content (AvgIpc) is 3.93. The van der Waals surface area contributed by atoms with Gasteiger partial charge < -0.3 is 0 Å². The summed E-state index contributed by atoms with van der Waals surface area (Å²) in [4.78, 5) is 21.7. The molecular formula is C56H34N4S2. The molecule has 0 fully saturated rings. The molecule has 0 aliphatic heterocycles. The van der Waals surface area contributed by atoms with Gasteiger partial charge in [-0.2, -0.15) is 0 Å². The van der Waals surface area contributed by atoms with Crippen LogP contribution in [0, 0.1) is 0 Å². The maximum absolute atomic E-state index is 5.50. The van der Waals surface area contributed by atoms with Crippen molar-refractivity contribution in [3.05, 3.63) is 206 Å². The van der Waals surface area contributed by atoms with E-state index in [1.54, 1.807) is 22.7 Å². The number of hydrogen-bond acceptors (Lipinski definition) is 6. The van der Waals surface area contributed by atoms with Crippen molar-refractivity contribution in [1.82, 2.24) is 19.9 Å². The Hall–Kier alpha value is -7.64. The minimum atomic E-state index is 0.696. The summed E-state index contributed by atoms with van der Waals surface area (Å²) in [7, 11) is 0. The first kappa shape index (κ1) is 36.2. The van der Waals surface area contributed by atoms with Gasteiger partial charge in [0.1, 0.15) is 0 Å². The zero-order valence-corrected chi connectivity index (χ0v) is 34.9. The van der Waals surface area contributed by atoms with Crippen LogP contribution in [-0.2, 0) is 0 Å². The molecule has 4 heterocycles. The molecule has 8 aromatic carbocycles. The third kappa shape index (κ3) is 6.28. The van der Waals surface area contributed by atoms with Crippen LogP contribution in [0.2, 0.25) is 0 Å². The van der Waals surface area contributed by atoms with Crippen LogP contribution >= 0.6 is 22.7 Å². The van der Waals surface area contributed by atoms with Gasteiger partial charge in [-0.05, 0) is 57.6 Å². The molecule has 0 aliphatic rings. The van der Waals surface area contributed by atoms with Gasteiger partial charge >= 0.3 is 0 Å². The second-order valence-electron chi connectivity index (χ2n) is 15.3. The van der Waals surface area contributed by atoms with Gasteiger partial charge in [-0.25, -0.2) is 19.9 Å². The summed E-state index contributed by atoms with van der Waals surface area (Å²) >= 11 is 3.50. The minimum absolute atomic E-state index is 0.696. The molecule has 0 bridgehead atoms. The second kappa shape index (κ2) is 15.1. The van der Waals surface area contributed by atoms with E-state index < -0.39 is 0 Å². The van der Waals surface area contributed by atoms with Crippen molar-refractivity contribution in [2.24, 2.45) is 0 Å². The Bertz CT molecular complexity index is 3410. The quantitative estimate of drug-likeness (QED) is 0.161. The van der Waals surface area contributed by atoms with Crippen molar-refractivity contribution in [2.45, 2.75) is 0 Å². The van der Waals surface area contributed by atoms with Gasteiger partial charge in [0.2, 0.25) is 0 Å². The highest BCUT2D eigenvalue weighted by Crippen LogP contribution is 2.46. The van der Waals surface area contributed by atoms with Crippen LogP contribution in [0.3, 0.4) is 0 Å². The van der Waals surface area contributed by atoms with Gasteiger partial charge in [0.05, 0.1) is 31.8 Å². The fraction of sp³-hybridized carbons (Fsp3) is 0. The van der Waals surface area contributed by atoms with Crippen LogP contribution in [0.5, 0.6) is 0 Å². The Kier molecular flexibility index (Phi) is 8.84. The molecule has 6 heteroatoms. The van der Waals surface area contributed by atoms with Gasteiger partial charge in [-0.1, -0.05) is 182 Å². The molecule has 0 atom stereocenters. The lowest BCUT2D eigenvalue weighted by atomic mass is 9.92. The van der Waals surface area contributed by atoms with E-state index >= 15 is 0 Å². The molecule has 0 aliphatic carbocycles. The van der Waals surface area contributed by atoms with Gasteiger partial charge in [0.15, 0.2) is 11.6 Å². The number of benzene rings is 8. The summed E-state index contributed by atoms with van der Waals surface area (Å²) in [6.07, 6.45) is 0. The van der Waals surface area contributed by atoms with Crippen molar-refractivity contribution in [1.29, 1.82) is 0 Å².